The molecule has 1 aromatic rings. The molecule has 0 amide bonds. The van der Waals surface area contributed by atoms with Crippen molar-refractivity contribution < 1.29 is 25.2 Å². The Kier molecular flexibility index (Phi) is 3.55. The first-order valence-corrected chi connectivity index (χ1v) is 4.07. The number of rotatable bonds is 4. The maximum absolute atomic E-state index is 9.08. The molecule has 1 aromatic carbocycles. The van der Waals surface area contributed by atoms with Crippen molar-refractivity contribution in [1.29, 1.82) is 0 Å². The number of aliphatic hydroxyl groups is 2. The zero-order valence-corrected chi connectivity index (χ0v) is 7.42. The summed E-state index contributed by atoms with van der Waals surface area (Å²) >= 11 is 0. The smallest absolute Gasteiger partial charge is 0.161 e. The minimum atomic E-state index is -0.953. The predicted molar refractivity (Wildman–Crippen MR) is 48.4 cm³/mol. The first-order valence-electron chi connectivity index (χ1n) is 4.07. The highest BCUT2D eigenvalue weighted by atomic mass is 16.5. The summed E-state index contributed by atoms with van der Waals surface area (Å²) in [6, 6.07) is 3.94. The SMILES string of the molecule is OCC(O)COc1ccc(O)c(O)c1. The van der Waals surface area contributed by atoms with Crippen LogP contribution in [0.5, 0.6) is 17.2 Å². The Bertz CT molecular complexity index is 299. The molecule has 0 saturated carbocycles. The van der Waals surface area contributed by atoms with Gasteiger partial charge < -0.3 is 25.2 Å². The minimum absolute atomic E-state index is 0.0687. The largest absolute Gasteiger partial charge is 0.504 e. The van der Waals surface area contributed by atoms with Crippen molar-refractivity contribution in [1.82, 2.24) is 0 Å². The fraction of sp³-hybridized carbons (Fsp3) is 0.333. The molecule has 1 unspecified atom stereocenters. The van der Waals surface area contributed by atoms with Gasteiger partial charge in [0.1, 0.15) is 18.5 Å². The van der Waals surface area contributed by atoms with Crippen LogP contribution in [0.1, 0.15) is 0 Å². The molecular formula is C9H12O5. The zero-order valence-electron chi connectivity index (χ0n) is 7.42. The zero-order chi connectivity index (χ0) is 10.6. The summed E-state index contributed by atoms with van der Waals surface area (Å²) in [7, 11) is 0. The maximum Gasteiger partial charge on any atom is 0.161 e. The molecule has 0 aromatic heterocycles. The van der Waals surface area contributed by atoms with Crippen LogP contribution >= 0.6 is 0 Å². The van der Waals surface area contributed by atoms with Crippen LogP contribution in [0.25, 0.3) is 0 Å². The molecule has 78 valence electrons. The maximum atomic E-state index is 9.08. The van der Waals surface area contributed by atoms with E-state index < -0.39 is 6.10 Å². The predicted octanol–water partition coefficient (Wildman–Crippen LogP) is -0.170. The molecule has 0 saturated heterocycles. The molecule has 0 fully saturated rings. The molecular weight excluding hydrogens is 188 g/mol. The number of ether oxygens (including phenoxy) is 1. The van der Waals surface area contributed by atoms with Crippen LogP contribution in [0, 0.1) is 0 Å². The molecule has 0 bridgehead atoms. The van der Waals surface area contributed by atoms with Gasteiger partial charge in [-0.3, -0.25) is 0 Å². The van der Waals surface area contributed by atoms with Crippen molar-refractivity contribution in [2.24, 2.45) is 0 Å². The summed E-state index contributed by atoms with van der Waals surface area (Å²) < 4.78 is 5.01. The van der Waals surface area contributed by atoms with E-state index in [4.69, 9.17) is 25.2 Å². The summed E-state index contributed by atoms with van der Waals surface area (Å²) in [5, 5.41) is 35.5. The molecule has 4 N–H and O–H groups in total. The van der Waals surface area contributed by atoms with Gasteiger partial charge in [-0.15, -0.1) is 0 Å². The third-order valence-corrected chi connectivity index (χ3v) is 1.60. The van der Waals surface area contributed by atoms with E-state index in [1.54, 1.807) is 0 Å². The van der Waals surface area contributed by atoms with E-state index in [1.165, 1.54) is 18.2 Å². The number of phenols is 2. The van der Waals surface area contributed by atoms with Crippen LogP contribution in [-0.4, -0.2) is 39.7 Å². The highest BCUT2D eigenvalue weighted by Crippen LogP contribution is 2.28. The van der Waals surface area contributed by atoms with Gasteiger partial charge in [0.15, 0.2) is 11.5 Å². The highest BCUT2D eigenvalue weighted by Gasteiger charge is 2.05. The third-order valence-electron chi connectivity index (χ3n) is 1.60. The van der Waals surface area contributed by atoms with Crippen LogP contribution in [-0.2, 0) is 0 Å². The van der Waals surface area contributed by atoms with E-state index in [0.717, 1.165) is 0 Å². The molecule has 0 radical (unpaired) electrons. The Hall–Kier alpha value is -1.46. The van der Waals surface area contributed by atoms with Gasteiger partial charge in [-0.1, -0.05) is 0 Å². The lowest BCUT2D eigenvalue weighted by molar-refractivity contribution is 0.0535. The average molecular weight is 200 g/mol. The van der Waals surface area contributed by atoms with Gasteiger partial charge in [0.2, 0.25) is 0 Å². The second-order valence-electron chi connectivity index (χ2n) is 2.80. The second kappa shape index (κ2) is 4.69. The van der Waals surface area contributed by atoms with E-state index >= 15 is 0 Å². The topological polar surface area (TPSA) is 90.2 Å². The molecule has 0 heterocycles. The Morgan fingerprint density at radius 2 is 1.93 bits per heavy atom. The summed E-state index contributed by atoms with van der Waals surface area (Å²) in [5.74, 6) is -0.214. The van der Waals surface area contributed by atoms with E-state index in [-0.39, 0.29) is 24.7 Å². The summed E-state index contributed by atoms with van der Waals surface area (Å²) in [5.41, 5.74) is 0. The minimum Gasteiger partial charge on any atom is -0.504 e. The van der Waals surface area contributed by atoms with Crippen molar-refractivity contribution in [2.45, 2.75) is 6.10 Å². The van der Waals surface area contributed by atoms with Crippen molar-refractivity contribution in [3.63, 3.8) is 0 Å². The average Bonchev–Trinajstić information content (AvgIpc) is 2.19. The van der Waals surface area contributed by atoms with E-state index in [2.05, 4.69) is 0 Å². The summed E-state index contributed by atoms with van der Waals surface area (Å²) in [6.07, 6.45) is -0.953. The van der Waals surface area contributed by atoms with Gasteiger partial charge in [0.05, 0.1) is 6.61 Å². The number of benzene rings is 1. The van der Waals surface area contributed by atoms with E-state index in [1.807, 2.05) is 0 Å². The Morgan fingerprint density at radius 3 is 2.50 bits per heavy atom. The van der Waals surface area contributed by atoms with Crippen molar-refractivity contribution in [3.8, 4) is 17.2 Å². The Labute approximate surface area is 80.8 Å². The quantitative estimate of drug-likeness (QED) is 0.507. The second-order valence-corrected chi connectivity index (χ2v) is 2.80. The number of hydrogen-bond donors (Lipinski definition) is 4. The summed E-state index contributed by atoms with van der Waals surface area (Å²) in [4.78, 5) is 0. The number of phenolic OH excluding ortho intramolecular Hbond substituents is 2. The van der Waals surface area contributed by atoms with E-state index in [0.29, 0.717) is 5.75 Å². The molecule has 0 spiro atoms. The van der Waals surface area contributed by atoms with Crippen LogP contribution in [0.4, 0.5) is 0 Å². The molecule has 1 atom stereocenters. The van der Waals surface area contributed by atoms with Gasteiger partial charge in [-0.2, -0.15) is 0 Å². The first kappa shape index (κ1) is 10.6. The lowest BCUT2D eigenvalue weighted by atomic mass is 10.3. The molecule has 14 heavy (non-hydrogen) atoms. The molecule has 5 nitrogen and oxygen atoms in total. The monoisotopic (exact) mass is 200 g/mol. The van der Waals surface area contributed by atoms with Crippen molar-refractivity contribution in [2.75, 3.05) is 13.2 Å². The fourth-order valence-electron chi connectivity index (χ4n) is 0.838. The Morgan fingerprint density at radius 1 is 1.21 bits per heavy atom. The van der Waals surface area contributed by atoms with Crippen LogP contribution < -0.4 is 4.74 Å². The highest BCUT2D eigenvalue weighted by molar-refractivity contribution is 5.43. The lowest BCUT2D eigenvalue weighted by Gasteiger charge is -2.10. The number of hydrogen-bond acceptors (Lipinski definition) is 5. The molecule has 0 aliphatic heterocycles. The third kappa shape index (κ3) is 2.79. The fourth-order valence-corrected chi connectivity index (χ4v) is 0.838. The molecule has 0 aliphatic carbocycles. The van der Waals surface area contributed by atoms with Crippen LogP contribution in [0.3, 0.4) is 0 Å². The van der Waals surface area contributed by atoms with Gasteiger partial charge in [0, 0.05) is 6.07 Å². The van der Waals surface area contributed by atoms with Gasteiger partial charge in [0.25, 0.3) is 0 Å². The summed E-state index contributed by atoms with van der Waals surface area (Å²) in [6.45, 7) is -0.454. The number of aliphatic hydroxyl groups excluding tert-OH is 2. The van der Waals surface area contributed by atoms with Crippen LogP contribution in [0.15, 0.2) is 18.2 Å². The first-order chi connectivity index (χ1) is 6.63. The molecule has 5 heteroatoms. The standard InChI is InChI=1S/C9H12O5/c10-4-6(11)5-14-7-1-2-8(12)9(13)3-7/h1-3,6,10-13H,4-5H2. The van der Waals surface area contributed by atoms with Crippen molar-refractivity contribution in [3.05, 3.63) is 18.2 Å². The molecule has 0 aliphatic rings. The van der Waals surface area contributed by atoms with Gasteiger partial charge >= 0.3 is 0 Å². The molecule has 1 rings (SSSR count). The number of aromatic hydroxyl groups is 2. The van der Waals surface area contributed by atoms with E-state index in [9.17, 15) is 0 Å². The van der Waals surface area contributed by atoms with Gasteiger partial charge in [-0.05, 0) is 12.1 Å². The lowest BCUT2D eigenvalue weighted by Crippen LogP contribution is -2.21. The normalized spacial score (nSPS) is 12.4. The van der Waals surface area contributed by atoms with Crippen LogP contribution in [0.2, 0.25) is 0 Å². The van der Waals surface area contributed by atoms with Crippen molar-refractivity contribution >= 4 is 0 Å². The van der Waals surface area contributed by atoms with Gasteiger partial charge in [-0.25, -0.2) is 0 Å². The Balaban J connectivity index is 2.55.